The summed E-state index contributed by atoms with van der Waals surface area (Å²) in [6, 6.07) is 27.9. The maximum absolute atomic E-state index is 13.7. The molecule has 0 aliphatic heterocycles. The minimum atomic E-state index is -0.479. The zero-order valence-electron chi connectivity index (χ0n) is 21.9. The first kappa shape index (κ1) is 25.1. The molecule has 2 aromatic heterocycles. The van der Waals surface area contributed by atoms with E-state index in [9.17, 15) is 9.59 Å². The van der Waals surface area contributed by atoms with Crippen LogP contribution in [0.5, 0.6) is 5.75 Å². The first-order chi connectivity index (χ1) is 19.5. The monoisotopic (exact) mass is 531 g/mol. The van der Waals surface area contributed by atoms with E-state index in [-0.39, 0.29) is 24.1 Å². The quantitative estimate of drug-likeness (QED) is 0.180. The Morgan fingerprint density at radius 3 is 2.48 bits per heavy atom. The molecular weight excluding hydrogens is 506 g/mol. The van der Waals surface area contributed by atoms with Crippen LogP contribution in [0.3, 0.4) is 0 Å². The number of esters is 1. The van der Waals surface area contributed by atoms with E-state index >= 15 is 0 Å². The zero-order chi connectivity index (χ0) is 27.6. The van der Waals surface area contributed by atoms with Crippen LogP contribution in [0.4, 0.5) is 0 Å². The van der Waals surface area contributed by atoms with Crippen molar-refractivity contribution in [3.8, 4) is 17.3 Å². The Kier molecular flexibility index (Phi) is 6.57. The van der Waals surface area contributed by atoms with Crippen LogP contribution in [0, 0.1) is 0 Å². The van der Waals surface area contributed by atoms with Crippen LogP contribution in [0.2, 0.25) is 0 Å². The fraction of sp³-hybridized carbons (Fsp3) is 0.125. The van der Waals surface area contributed by atoms with Gasteiger partial charge in [0.15, 0.2) is 12.4 Å². The van der Waals surface area contributed by atoms with Crippen LogP contribution in [-0.4, -0.2) is 34.6 Å². The third-order valence-electron chi connectivity index (χ3n) is 6.35. The van der Waals surface area contributed by atoms with Gasteiger partial charge in [0.2, 0.25) is 5.82 Å². The summed E-state index contributed by atoms with van der Waals surface area (Å²) < 4.78 is 18.4. The van der Waals surface area contributed by atoms with Gasteiger partial charge in [-0.15, -0.1) is 0 Å². The number of para-hydroxylation sites is 2. The molecular formula is C32H25N3O5. The molecule has 0 aliphatic rings. The van der Waals surface area contributed by atoms with Gasteiger partial charge in [0.25, 0.3) is 5.56 Å². The lowest BCUT2D eigenvalue weighted by Crippen LogP contribution is -2.20. The smallest absolute Gasteiger partial charge is 0.344 e. The molecule has 0 radical (unpaired) electrons. The summed E-state index contributed by atoms with van der Waals surface area (Å²) in [5.74, 6) is 0.620. The van der Waals surface area contributed by atoms with Gasteiger partial charge < -0.3 is 13.9 Å². The third-order valence-corrected chi connectivity index (χ3v) is 6.35. The van der Waals surface area contributed by atoms with Gasteiger partial charge in [-0.05, 0) is 55.0 Å². The van der Waals surface area contributed by atoms with E-state index in [0.29, 0.717) is 33.6 Å². The van der Waals surface area contributed by atoms with Crippen LogP contribution in [0.1, 0.15) is 19.4 Å². The lowest BCUT2D eigenvalue weighted by atomic mass is 10.0. The molecule has 8 heteroatoms. The Morgan fingerprint density at radius 1 is 0.950 bits per heavy atom. The molecule has 0 N–H and O–H groups in total. The summed E-state index contributed by atoms with van der Waals surface area (Å²) in [5.41, 5.74) is 1.47. The second kappa shape index (κ2) is 10.5. The highest BCUT2D eigenvalue weighted by Crippen LogP contribution is 2.29. The molecule has 2 heterocycles. The summed E-state index contributed by atoms with van der Waals surface area (Å²) in [6.07, 6.45) is 1.30. The van der Waals surface area contributed by atoms with E-state index in [2.05, 4.69) is 5.10 Å². The van der Waals surface area contributed by atoms with Gasteiger partial charge in [0.05, 0.1) is 23.2 Å². The number of hydrogen-bond donors (Lipinski definition) is 0. The number of rotatable bonds is 7. The van der Waals surface area contributed by atoms with Crippen molar-refractivity contribution in [3.05, 3.63) is 107 Å². The minimum Gasteiger partial charge on any atom is -0.481 e. The van der Waals surface area contributed by atoms with Gasteiger partial charge in [0, 0.05) is 10.9 Å². The van der Waals surface area contributed by atoms with Gasteiger partial charge in [-0.25, -0.2) is 9.78 Å². The fourth-order valence-corrected chi connectivity index (χ4v) is 4.57. The van der Waals surface area contributed by atoms with Crippen LogP contribution in [0.15, 0.2) is 105 Å². The molecule has 0 bridgehead atoms. The number of furan rings is 1. The van der Waals surface area contributed by atoms with Crippen molar-refractivity contribution in [2.45, 2.75) is 20.0 Å². The standard InChI is InChI=1S/C32H25N3O5/c1-20(2)39-30(36)19-38-28-16-15-21-9-3-5-11-23(21)25(28)18-33-35-31(29-17-22-10-4-8-14-27(22)40-29)34-26-13-7-6-12-24(26)32(35)37/h3-18,20H,19H2,1-2H3. The maximum Gasteiger partial charge on any atom is 0.344 e. The molecule has 8 nitrogen and oxygen atoms in total. The molecule has 0 unspecified atom stereocenters. The van der Waals surface area contributed by atoms with E-state index in [1.54, 1.807) is 44.3 Å². The molecule has 0 aliphatic carbocycles. The van der Waals surface area contributed by atoms with Crippen molar-refractivity contribution in [3.63, 3.8) is 0 Å². The average molecular weight is 532 g/mol. The highest BCUT2D eigenvalue weighted by Gasteiger charge is 2.17. The van der Waals surface area contributed by atoms with Crippen LogP contribution >= 0.6 is 0 Å². The predicted octanol–water partition coefficient (Wildman–Crippen LogP) is 6.18. The van der Waals surface area contributed by atoms with Gasteiger partial charge in [0.1, 0.15) is 11.3 Å². The first-order valence-electron chi connectivity index (χ1n) is 12.9. The van der Waals surface area contributed by atoms with Crippen molar-refractivity contribution in [1.82, 2.24) is 9.66 Å². The topological polar surface area (TPSA) is 95.9 Å². The molecule has 0 saturated carbocycles. The second-order valence-corrected chi connectivity index (χ2v) is 9.49. The molecule has 6 rings (SSSR count). The molecule has 6 aromatic rings. The van der Waals surface area contributed by atoms with E-state index in [4.69, 9.17) is 18.9 Å². The van der Waals surface area contributed by atoms with Crippen LogP contribution in [-0.2, 0) is 9.53 Å². The number of benzene rings is 4. The fourth-order valence-electron chi connectivity index (χ4n) is 4.57. The van der Waals surface area contributed by atoms with Gasteiger partial charge in [-0.2, -0.15) is 9.78 Å². The predicted molar refractivity (Wildman–Crippen MR) is 155 cm³/mol. The number of ether oxygens (including phenoxy) is 2. The molecule has 0 amide bonds. The lowest BCUT2D eigenvalue weighted by molar-refractivity contribution is -0.149. The molecule has 0 atom stereocenters. The Morgan fingerprint density at radius 2 is 1.68 bits per heavy atom. The van der Waals surface area contributed by atoms with E-state index < -0.39 is 5.97 Å². The van der Waals surface area contributed by atoms with E-state index in [1.807, 2.05) is 66.7 Å². The van der Waals surface area contributed by atoms with Gasteiger partial charge in [-0.3, -0.25) is 4.79 Å². The normalized spacial score (nSPS) is 11.7. The maximum atomic E-state index is 13.7. The largest absolute Gasteiger partial charge is 0.481 e. The van der Waals surface area contributed by atoms with Crippen molar-refractivity contribution in [1.29, 1.82) is 0 Å². The third kappa shape index (κ3) is 4.82. The molecule has 4 aromatic carbocycles. The number of carbonyl (C=O) groups excluding carboxylic acids is 1. The highest BCUT2D eigenvalue weighted by molar-refractivity contribution is 6.02. The SMILES string of the molecule is CC(C)OC(=O)COc1ccc2ccccc2c1C=Nn1c(-c2cc3ccccc3o2)nc2ccccc2c1=O. The summed E-state index contributed by atoms with van der Waals surface area (Å²) in [4.78, 5) is 30.6. The van der Waals surface area contributed by atoms with Crippen molar-refractivity contribution in [2.24, 2.45) is 5.10 Å². The number of nitrogens with zero attached hydrogens (tertiary/aromatic N) is 3. The van der Waals surface area contributed by atoms with Crippen LogP contribution < -0.4 is 10.3 Å². The molecule has 40 heavy (non-hydrogen) atoms. The summed E-state index contributed by atoms with van der Waals surface area (Å²) >= 11 is 0. The van der Waals surface area contributed by atoms with Gasteiger partial charge >= 0.3 is 5.97 Å². The average Bonchev–Trinajstić information content (AvgIpc) is 3.40. The van der Waals surface area contributed by atoms with Crippen LogP contribution in [0.25, 0.3) is 44.2 Å². The summed E-state index contributed by atoms with van der Waals surface area (Å²) in [7, 11) is 0. The minimum absolute atomic E-state index is 0.252. The molecule has 0 fully saturated rings. The lowest BCUT2D eigenvalue weighted by Gasteiger charge is -2.13. The highest BCUT2D eigenvalue weighted by atomic mass is 16.6. The summed E-state index contributed by atoms with van der Waals surface area (Å²) in [5, 5.41) is 7.71. The van der Waals surface area contributed by atoms with Crippen molar-refractivity contribution in [2.75, 3.05) is 6.61 Å². The second-order valence-electron chi connectivity index (χ2n) is 9.49. The number of aromatic nitrogens is 2. The number of hydrogen-bond acceptors (Lipinski definition) is 7. The number of fused-ring (bicyclic) bond motifs is 3. The van der Waals surface area contributed by atoms with E-state index in [1.165, 1.54) is 4.68 Å². The summed E-state index contributed by atoms with van der Waals surface area (Å²) in [6.45, 7) is 3.29. The van der Waals surface area contributed by atoms with Crippen molar-refractivity contribution >= 4 is 44.8 Å². The first-order valence-corrected chi connectivity index (χ1v) is 12.9. The Hall–Kier alpha value is -5.24. The van der Waals surface area contributed by atoms with Crippen molar-refractivity contribution < 1.29 is 18.7 Å². The number of carbonyl (C=O) groups is 1. The molecule has 198 valence electrons. The van der Waals surface area contributed by atoms with E-state index in [0.717, 1.165) is 16.2 Å². The Bertz CT molecular complexity index is 1940. The zero-order valence-corrected chi connectivity index (χ0v) is 21.9. The Labute approximate surface area is 229 Å². The Balaban J connectivity index is 1.50. The van der Waals surface area contributed by atoms with Gasteiger partial charge in [-0.1, -0.05) is 60.7 Å². The molecule has 0 saturated heterocycles. The molecule has 0 spiro atoms.